The number of nitrogens with zero attached hydrogens (tertiary/aromatic N) is 1. The van der Waals surface area contributed by atoms with Crippen molar-refractivity contribution in [1.29, 1.82) is 0 Å². The average molecular weight is 286 g/mol. The second kappa shape index (κ2) is 6.04. The quantitative estimate of drug-likeness (QED) is 0.667. The van der Waals surface area contributed by atoms with Gasteiger partial charge >= 0.3 is 0 Å². The molecule has 2 rings (SSSR count). The van der Waals surface area contributed by atoms with Gasteiger partial charge in [-0.2, -0.15) is 0 Å². The molecule has 0 aliphatic heterocycles. The summed E-state index contributed by atoms with van der Waals surface area (Å²) in [5, 5.41) is 22.6. The molecule has 6 nitrogen and oxygen atoms in total. The Morgan fingerprint density at radius 2 is 1.90 bits per heavy atom. The number of carbonyl (C=O) groups is 1. The number of nitro benzene ring substituents is 1. The number of hydrogen-bond acceptors (Lipinski definition) is 4. The summed E-state index contributed by atoms with van der Waals surface area (Å²) in [5.74, 6) is -0.142. The number of aryl methyl sites for hydroxylation is 1. The van der Waals surface area contributed by atoms with Crippen LogP contribution in [0, 0.1) is 17.0 Å². The van der Waals surface area contributed by atoms with Crippen LogP contribution in [0.3, 0.4) is 0 Å². The van der Waals surface area contributed by atoms with Gasteiger partial charge in [0, 0.05) is 23.7 Å². The molecule has 0 radical (unpaired) electrons. The van der Waals surface area contributed by atoms with Crippen LogP contribution in [0.1, 0.15) is 21.5 Å². The van der Waals surface area contributed by atoms with Crippen LogP contribution in [0.2, 0.25) is 0 Å². The number of carbonyl (C=O) groups excluding carboxylic acids is 1. The molecule has 0 bridgehead atoms. The predicted octanol–water partition coefficient (Wildman–Crippen LogP) is 2.54. The first-order valence-electron chi connectivity index (χ1n) is 6.28. The Balaban J connectivity index is 2.05. The van der Waals surface area contributed by atoms with Crippen molar-refractivity contribution in [1.82, 2.24) is 5.32 Å². The van der Waals surface area contributed by atoms with Gasteiger partial charge in [0.25, 0.3) is 11.6 Å². The second-order valence-electron chi connectivity index (χ2n) is 4.61. The number of benzene rings is 2. The molecule has 0 saturated carbocycles. The highest BCUT2D eigenvalue weighted by Crippen LogP contribution is 2.18. The summed E-state index contributed by atoms with van der Waals surface area (Å²) in [6.45, 7) is 1.91. The van der Waals surface area contributed by atoms with Crippen molar-refractivity contribution >= 4 is 11.6 Å². The third-order valence-corrected chi connectivity index (χ3v) is 3.05. The van der Waals surface area contributed by atoms with Crippen LogP contribution >= 0.6 is 0 Å². The van der Waals surface area contributed by atoms with E-state index >= 15 is 0 Å². The molecule has 2 N–H and O–H groups in total. The van der Waals surface area contributed by atoms with Crippen molar-refractivity contribution in [3.63, 3.8) is 0 Å². The topological polar surface area (TPSA) is 92.5 Å². The van der Waals surface area contributed by atoms with E-state index in [1.54, 1.807) is 19.1 Å². The molecule has 1 amide bonds. The van der Waals surface area contributed by atoms with Gasteiger partial charge in [-0.25, -0.2) is 0 Å². The molecular formula is C15H14N2O4. The highest BCUT2D eigenvalue weighted by Gasteiger charge is 2.13. The zero-order chi connectivity index (χ0) is 15.4. The highest BCUT2D eigenvalue weighted by molar-refractivity contribution is 5.94. The van der Waals surface area contributed by atoms with Gasteiger partial charge in [0.2, 0.25) is 0 Å². The molecule has 108 valence electrons. The normalized spacial score (nSPS) is 10.1. The van der Waals surface area contributed by atoms with E-state index in [9.17, 15) is 20.0 Å². The number of hydrogen-bond donors (Lipinski definition) is 2. The van der Waals surface area contributed by atoms with Crippen LogP contribution in [0.25, 0.3) is 0 Å². The van der Waals surface area contributed by atoms with Gasteiger partial charge in [-0.3, -0.25) is 14.9 Å². The molecule has 0 fully saturated rings. The number of amides is 1. The Morgan fingerprint density at radius 3 is 2.48 bits per heavy atom. The molecule has 0 aliphatic rings. The monoisotopic (exact) mass is 286 g/mol. The average Bonchev–Trinajstić information content (AvgIpc) is 2.45. The number of rotatable bonds is 4. The molecule has 2 aromatic carbocycles. The molecule has 0 heterocycles. The van der Waals surface area contributed by atoms with E-state index in [4.69, 9.17) is 0 Å². The summed E-state index contributed by atoms with van der Waals surface area (Å²) in [7, 11) is 0. The molecule has 0 atom stereocenters. The Bertz CT molecular complexity index is 681. The maximum Gasteiger partial charge on any atom is 0.272 e. The van der Waals surface area contributed by atoms with E-state index in [0.29, 0.717) is 17.7 Å². The molecular weight excluding hydrogens is 272 g/mol. The van der Waals surface area contributed by atoms with Crippen molar-refractivity contribution < 1.29 is 14.8 Å². The van der Waals surface area contributed by atoms with Crippen LogP contribution in [-0.2, 0) is 6.54 Å². The lowest BCUT2D eigenvalue weighted by Gasteiger charge is -2.06. The lowest BCUT2D eigenvalue weighted by Crippen LogP contribution is -2.22. The lowest BCUT2D eigenvalue weighted by atomic mass is 10.1. The largest absolute Gasteiger partial charge is 0.508 e. The molecule has 0 saturated heterocycles. The SMILES string of the molecule is Cc1cc(C(=O)NCc2ccc(O)cc2)ccc1[N+](=O)[O-]. The van der Waals surface area contributed by atoms with Gasteiger partial charge in [0.05, 0.1) is 4.92 Å². The minimum absolute atomic E-state index is 0.00918. The summed E-state index contributed by atoms with van der Waals surface area (Å²) < 4.78 is 0. The van der Waals surface area contributed by atoms with Crippen molar-refractivity contribution in [2.24, 2.45) is 0 Å². The van der Waals surface area contributed by atoms with E-state index in [2.05, 4.69) is 5.32 Å². The fraction of sp³-hybridized carbons (Fsp3) is 0.133. The molecule has 21 heavy (non-hydrogen) atoms. The highest BCUT2D eigenvalue weighted by atomic mass is 16.6. The van der Waals surface area contributed by atoms with Gasteiger partial charge in [-0.05, 0) is 36.8 Å². The standard InChI is InChI=1S/C15H14N2O4/c1-10-8-12(4-7-14(10)17(20)21)15(19)16-9-11-2-5-13(18)6-3-11/h2-8,18H,9H2,1H3,(H,16,19). The van der Waals surface area contributed by atoms with E-state index < -0.39 is 4.92 Å². The summed E-state index contributed by atoms with van der Waals surface area (Å²) in [6, 6.07) is 10.7. The molecule has 2 aromatic rings. The Labute approximate surface area is 121 Å². The van der Waals surface area contributed by atoms with Crippen LogP contribution in [0.15, 0.2) is 42.5 Å². The van der Waals surface area contributed by atoms with Crippen molar-refractivity contribution in [2.45, 2.75) is 13.5 Å². The smallest absolute Gasteiger partial charge is 0.272 e. The van der Waals surface area contributed by atoms with Crippen LogP contribution < -0.4 is 5.32 Å². The van der Waals surface area contributed by atoms with Crippen LogP contribution in [0.5, 0.6) is 5.75 Å². The predicted molar refractivity (Wildman–Crippen MR) is 77.1 cm³/mol. The first kappa shape index (κ1) is 14.5. The van der Waals surface area contributed by atoms with E-state index in [1.807, 2.05) is 0 Å². The number of phenolic OH excluding ortho intramolecular Hbond substituents is 1. The zero-order valence-corrected chi connectivity index (χ0v) is 11.4. The van der Waals surface area contributed by atoms with E-state index in [1.165, 1.54) is 30.3 Å². The van der Waals surface area contributed by atoms with Crippen LogP contribution in [-0.4, -0.2) is 15.9 Å². The van der Waals surface area contributed by atoms with Crippen molar-refractivity contribution in [3.8, 4) is 5.75 Å². The summed E-state index contributed by atoms with van der Waals surface area (Å²) in [5.41, 5.74) is 1.65. The first-order chi connectivity index (χ1) is 9.97. The third-order valence-electron chi connectivity index (χ3n) is 3.05. The number of aromatic hydroxyl groups is 1. The fourth-order valence-electron chi connectivity index (χ4n) is 1.90. The van der Waals surface area contributed by atoms with Gasteiger partial charge in [-0.1, -0.05) is 12.1 Å². The lowest BCUT2D eigenvalue weighted by molar-refractivity contribution is -0.385. The second-order valence-corrected chi connectivity index (χ2v) is 4.61. The van der Waals surface area contributed by atoms with Crippen molar-refractivity contribution in [2.75, 3.05) is 0 Å². The van der Waals surface area contributed by atoms with Crippen molar-refractivity contribution in [3.05, 3.63) is 69.3 Å². The maximum atomic E-state index is 12.0. The minimum Gasteiger partial charge on any atom is -0.508 e. The molecule has 0 aliphatic carbocycles. The first-order valence-corrected chi connectivity index (χ1v) is 6.28. The Kier molecular flexibility index (Phi) is 4.18. The molecule has 0 spiro atoms. The minimum atomic E-state index is -0.479. The summed E-state index contributed by atoms with van der Waals surface area (Å²) >= 11 is 0. The van der Waals surface area contributed by atoms with Gasteiger partial charge in [-0.15, -0.1) is 0 Å². The Hall–Kier alpha value is -2.89. The number of nitrogens with one attached hydrogen (secondary N) is 1. The number of nitro groups is 1. The summed E-state index contributed by atoms with van der Waals surface area (Å²) in [4.78, 5) is 22.2. The Morgan fingerprint density at radius 1 is 1.24 bits per heavy atom. The molecule has 0 unspecified atom stereocenters. The van der Waals surface area contributed by atoms with Crippen LogP contribution in [0.4, 0.5) is 5.69 Å². The third kappa shape index (κ3) is 3.56. The molecule has 6 heteroatoms. The summed E-state index contributed by atoms with van der Waals surface area (Å²) in [6.07, 6.45) is 0. The fourth-order valence-corrected chi connectivity index (χ4v) is 1.90. The van der Waals surface area contributed by atoms with E-state index in [0.717, 1.165) is 5.56 Å². The van der Waals surface area contributed by atoms with Gasteiger partial charge in [0.15, 0.2) is 0 Å². The number of phenols is 1. The maximum absolute atomic E-state index is 12.0. The van der Waals surface area contributed by atoms with Gasteiger partial charge in [0.1, 0.15) is 5.75 Å². The molecule has 0 aromatic heterocycles. The van der Waals surface area contributed by atoms with E-state index in [-0.39, 0.29) is 17.3 Å². The zero-order valence-electron chi connectivity index (χ0n) is 11.4. The van der Waals surface area contributed by atoms with Gasteiger partial charge < -0.3 is 10.4 Å².